The molecule has 1 aromatic carbocycles. The highest BCUT2D eigenvalue weighted by Crippen LogP contribution is 2.17. The normalized spacial score (nSPS) is 12.4. The average Bonchev–Trinajstić information content (AvgIpc) is 2.61. The van der Waals surface area contributed by atoms with Gasteiger partial charge in [-0.15, -0.1) is 4.72 Å². The molecule has 0 amide bonds. The molecule has 1 unspecified atom stereocenters. The number of aryl methyl sites for hydroxylation is 1. The molecule has 0 fully saturated rings. The van der Waals surface area contributed by atoms with E-state index in [-0.39, 0.29) is 0 Å². The maximum Gasteiger partial charge on any atom is 0.176 e. The number of nitrogen functional groups attached to an aromatic ring is 1. The van der Waals surface area contributed by atoms with Gasteiger partial charge in [-0.05, 0) is 25.1 Å². The molecular formula is C17H31N3O5S. The minimum atomic E-state index is -1.27. The summed E-state index contributed by atoms with van der Waals surface area (Å²) in [4.78, 5) is 0.732. The molecule has 1 aromatic rings. The number of rotatable bonds is 16. The molecule has 0 saturated carbocycles. The van der Waals surface area contributed by atoms with Crippen molar-refractivity contribution in [3.05, 3.63) is 23.8 Å². The Bertz CT molecular complexity index is 482. The molecule has 9 heteroatoms. The molecule has 0 aromatic heterocycles. The van der Waals surface area contributed by atoms with Gasteiger partial charge in [-0.25, -0.2) is 0 Å². The predicted molar refractivity (Wildman–Crippen MR) is 102 cm³/mol. The minimum Gasteiger partial charge on any atom is -0.593 e. The molecule has 1 atom stereocenters. The standard InChI is InChI=1S/C17H31N3O5S/c1-15-14-16(19)2-3-17(15)26(21)20-5-7-23-9-11-25-13-12-24-10-8-22-6-4-18/h2-3,14,20H,4-13,18-19H2,1H3. The molecule has 5 N–H and O–H groups in total. The van der Waals surface area contributed by atoms with Crippen LogP contribution in [0.5, 0.6) is 0 Å². The molecular weight excluding hydrogens is 358 g/mol. The maximum absolute atomic E-state index is 12.1. The Kier molecular flexibility index (Phi) is 13.5. The van der Waals surface area contributed by atoms with Crippen LogP contribution in [-0.2, 0) is 30.3 Å². The first-order valence-corrected chi connectivity index (χ1v) is 9.82. The lowest BCUT2D eigenvalue weighted by molar-refractivity contribution is -0.000345. The monoisotopic (exact) mass is 389 g/mol. The summed E-state index contributed by atoms with van der Waals surface area (Å²) >= 11 is -1.27. The van der Waals surface area contributed by atoms with E-state index in [4.69, 9.17) is 30.4 Å². The van der Waals surface area contributed by atoms with Crippen LogP contribution in [-0.4, -0.2) is 70.5 Å². The first-order valence-electron chi connectivity index (χ1n) is 8.67. The van der Waals surface area contributed by atoms with Crippen molar-refractivity contribution in [3.8, 4) is 0 Å². The quantitative estimate of drug-likeness (QED) is 0.208. The Morgan fingerprint density at radius 3 is 2.00 bits per heavy atom. The zero-order valence-electron chi connectivity index (χ0n) is 15.4. The van der Waals surface area contributed by atoms with E-state index in [9.17, 15) is 4.55 Å². The first-order chi connectivity index (χ1) is 12.6. The van der Waals surface area contributed by atoms with Gasteiger partial charge in [0.15, 0.2) is 4.90 Å². The van der Waals surface area contributed by atoms with Crippen molar-refractivity contribution in [1.82, 2.24) is 4.72 Å². The van der Waals surface area contributed by atoms with Crippen LogP contribution in [0.1, 0.15) is 5.56 Å². The Morgan fingerprint density at radius 2 is 1.46 bits per heavy atom. The van der Waals surface area contributed by atoms with Crippen LogP contribution in [0.4, 0.5) is 5.69 Å². The van der Waals surface area contributed by atoms with Crippen molar-refractivity contribution in [3.63, 3.8) is 0 Å². The highest BCUT2D eigenvalue weighted by atomic mass is 32.2. The van der Waals surface area contributed by atoms with E-state index in [1.54, 1.807) is 18.2 Å². The fourth-order valence-corrected chi connectivity index (χ4v) is 2.98. The van der Waals surface area contributed by atoms with Crippen molar-refractivity contribution in [2.75, 3.05) is 71.7 Å². The van der Waals surface area contributed by atoms with Crippen LogP contribution in [0.3, 0.4) is 0 Å². The molecule has 0 aliphatic rings. The van der Waals surface area contributed by atoms with E-state index < -0.39 is 11.4 Å². The number of ether oxygens (including phenoxy) is 4. The van der Waals surface area contributed by atoms with E-state index in [1.165, 1.54) is 0 Å². The van der Waals surface area contributed by atoms with Gasteiger partial charge in [-0.1, -0.05) is 0 Å². The molecule has 0 bridgehead atoms. The molecule has 0 radical (unpaired) electrons. The van der Waals surface area contributed by atoms with Crippen LogP contribution in [0.25, 0.3) is 0 Å². The van der Waals surface area contributed by atoms with Gasteiger partial charge < -0.3 is 35.0 Å². The van der Waals surface area contributed by atoms with Gasteiger partial charge >= 0.3 is 0 Å². The molecule has 150 valence electrons. The largest absolute Gasteiger partial charge is 0.593 e. The van der Waals surface area contributed by atoms with E-state index in [0.717, 1.165) is 10.5 Å². The van der Waals surface area contributed by atoms with Crippen molar-refractivity contribution in [2.24, 2.45) is 5.73 Å². The number of nitrogens with one attached hydrogen (secondary N) is 1. The number of hydrogen-bond acceptors (Lipinski definition) is 8. The van der Waals surface area contributed by atoms with Crippen molar-refractivity contribution >= 4 is 17.0 Å². The van der Waals surface area contributed by atoms with E-state index in [2.05, 4.69) is 4.72 Å². The van der Waals surface area contributed by atoms with E-state index in [1.807, 2.05) is 6.92 Å². The van der Waals surface area contributed by atoms with Crippen LogP contribution in [0.15, 0.2) is 23.1 Å². The molecule has 0 saturated heterocycles. The highest BCUT2D eigenvalue weighted by Gasteiger charge is 2.13. The lowest BCUT2D eigenvalue weighted by Crippen LogP contribution is -2.28. The zero-order chi connectivity index (χ0) is 19.0. The maximum atomic E-state index is 12.1. The lowest BCUT2D eigenvalue weighted by atomic mass is 10.2. The van der Waals surface area contributed by atoms with Gasteiger partial charge in [0, 0.05) is 17.8 Å². The highest BCUT2D eigenvalue weighted by molar-refractivity contribution is 7.89. The fourth-order valence-electron chi connectivity index (χ4n) is 2.01. The average molecular weight is 390 g/mol. The second kappa shape index (κ2) is 15.2. The molecule has 1 rings (SSSR count). The van der Waals surface area contributed by atoms with Crippen LogP contribution in [0.2, 0.25) is 0 Å². The second-order valence-corrected chi connectivity index (χ2v) is 6.69. The Hall–Kier alpha value is -0.910. The minimum absolute atomic E-state index is 0.456. The summed E-state index contributed by atoms with van der Waals surface area (Å²) < 4.78 is 36.4. The van der Waals surface area contributed by atoms with Crippen LogP contribution < -0.4 is 16.2 Å². The number of hydrogen-bond donors (Lipinski definition) is 3. The summed E-state index contributed by atoms with van der Waals surface area (Å²) in [5, 5.41) is 0. The fraction of sp³-hybridized carbons (Fsp3) is 0.647. The van der Waals surface area contributed by atoms with E-state index in [0.29, 0.717) is 71.6 Å². The van der Waals surface area contributed by atoms with Gasteiger partial charge in [0.1, 0.15) is 0 Å². The Labute approximate surface area is 158 Å². The summed E-state index contributed by atoms with van der Waals surface area (Å²) in [7, 11) is 0. The first kappa shape index (κ1) is 23.1. The van der Waals surface area contributed by atoms with E-state index >= 15 is 0 Å². The molecule has 0 aliphatic heterocycles. The van der Waals surface area contributed by atoms with Crippen molar-refractivity contribution < 1.29 is 23.5 Å². The molecule has 0 aliphatic carbocycles. The third-order valence-electron chi connectivity index (χ3n) is 3.26. The van der Waals surface area contributed by atoms with Crippen LogP contribution >= 0.6 is 0 Å². The Morgan fingerprint density at radius 1 is 0.923 bits per heavy atom. The number of nitrogens with two attached hydrogens (primary N) is 2. The molecule has 8 nitrogen and oxygen atoms in total. The second-order valence-electron chi connectivity index (χ2n) is 5.43. The molecule has 26 heavy (non-hydrogen) atoms. The third kappa shape index (κ3) is 10.9. The van der Waals surface area contributed by atoms with Crippen molar-refractivity contribution in [2.45, 2.75) is 11.8 Å². The summed E-state index contributed by atoms with van der Waals surface area (Å²) in [5.41, 5.74) is 12.6. The molecule has 0 heterocycles. The molecule has 0 spiro atoms. The summed E-state index contributed by atoms with van der Waals surface area (Å²) in [5.74, 6) is 0. The summed E-state index contributed by atoms with van der Waals surface area (Å²) in [6, 6.07) is 5.32. The third-order valence-corrected chi connectivity index (χ3v) is 4.58. The SMILES string of the molecule is Cc1cc(N)ccc1[S+]([O-])NCCOCCOCCOCCOCCN. The van der Waals surface area contributed by atoms with Gasteiger partial charge in [-0.2, -0.15) is 0 Å². The summed E-state index contributed by atoms with van der Waals surface area (Å²) in [6.07, 6.45) is 0. The van der Waals surface area contributed by atoms with Gasteiger partial charge in [0.2, 0.25) is 0 Å². The lowest BCUT2D eigenvalue weighted by Gasteiger charge is -2.13. The van der Waals surface area contributed by atoms with Crippen LogP contribution in [0, 0.1) is 6.92 Å². The number of benzene rings is 1. The predicted octanol–water partition coefficient (Wildman–Crippen LogP) is 0.215. The topological polar surface area (TPSA) is 124 Å². The van der Waals surface area contributed by atoms with Gasteiger partial charge in [0.25, 0.3) is 0 Å². The number of anilines is 1. The Balaban J connectivity index is 1.90. The smallest absolute Gasteiger partial charge is 0.176 e. The summed E-state index contributed by atoms with van der Waals surface area (Å²) in [6.45, 7) is 7.00. The van der Waals surface area contributed by atoms with Gasteiger partial charge in [-0.3, -0.25) is 0 Å². The zero-order valence-corrected chi connectivity index (χ0v) is 16.2. The van der Waals surface area contributed by atoms with Crippen molar-refractivity contribution in [1.29, 1.82) is 0 Å². The van der Waals surface area contributed by atoms with Gasteiger partial charge in [0.05, 0.1) is 70.8 Å².